The molecule has 0 heterocycles. The van der Waals surface area contributed by atoms with E-state index in [-0.39, 0.29) is 18.0 Å². The standard InChI is InChI=1S/C16H30O2/c1-4-7-8-13(5-2)9-12-15(6-3)18-16(17)14-10-11-14/h13-15H,4-12H2,1-3H3. The van der Waals surface area contributed by atoms with Crippen LogP contribution in [0.15, 0.2) is 0 Å². The zero-order chi connectivity index (χ0) is 13.4. The Morgan fingerprint density at radius 1 is 1.11 bits per heavy atom. The minimum atomic E-state index is 0.0588. The van der Waals surface area contributed by atoms with E-state index in [0.29, 0.717) is 0 Å². The van der Waals surface area contributed by atoms with Crippen LogP contribution in [0.5, 0.6) is 0 Å². The Morgan fingerprint density at radius 2 is 1.83 bits per heavy atom. The molecule has 0 saturated heterocycles. The maximum absolute atomic E-state index is 11.6. The van der Waals surface area contributed by atoms with Gasteiger partial charge in [0.1, 0.15) is 6.10 Å². The quantitative estimate of drug-likeness (QED) is 0.527. The van der Waals surface area contributed by atoms with E-state index in [9.17, 15) is 4.79 Å². The third kappa shape index (κ3) is 5.88. The summed E-state index contributed by atoms with van der Waals surface area (Å²) in [6.45, 7) is 6.65. The van der Waals surface area contributed by atoms with Gasteiger partial charge in [-0.2, -0.15) is 0 Å². The van der Waals surface area contributed by atoms with Crippen molar-refractivity contribution in [2.75, 3.05) is 0 Å². The molecule has 1 fully saturated rings. The van der Waals surface area contributed by atoms with E-state index in [1.165, 1.54) is 32.1 Å². The molecular weight excluding hydrogens is 224 g/mol. The van der Waals surface area contributed by atoms with Crippen molar-refractivity contribution < 1.29 is 9.53 Å². The number of hydrogen-bond acceptors (Lipinski definition) is 2. The molecule has 0 amide bonds. The highest BCUT2D eigenvalue weighted by Gasteiger charge is 2.32. The molecule has 2 unspecified atom stereocenters. The van der Waals surface area contributed by atoms with Crippen molar-refractivity contribution in [2.24, 2.45) is 11.8 Å². The van der Waals surface area contributed by atoms with Gasteiger partial charge in [-0.05, 0) is 38.0 Å². The minimum absolute atomic E-state index is 0.0588. The zero-order valence-corrected chi connectivity index (χ0v) is 12.4. The molecule has 18 heavy (non-hydrogen) atoms. The molecule has 1 rings (SSSR count). The summed E-state index contributed by atoms with van der Waals surface area (Å²) in [6.07, 6.45) is 10.7. The summed E-state index contributed by atoms with van der Waals surface area (Å²) in [6, 6.07) is 0. The lowest BCUT2D eigenvalue weighted by Gasteiger charge is -2.20. The Hall–Kier alpha value is -0.530. The molecule has 0 radical (unpaired) electrons. The van der Waals surface area contributed by atoms with Crippen molar-refractivity contribution >= 4 is 5.97 Å². The number of ether oxygens (including phenoxy) is 1. The minimum Gasteiger partial charge on any atom is -0.462 e. The highest BCUT2D eigenvalue weighted by atomic mass is 16.5. The summed E-state index contributed by atoms with van der Waals surface area (Å²) in [5.41, 5.74) is 0. The van der Waals surface area contributed by atoms with Crippen molar-refractivity contribution in [3.8, 4) is 0 Å². The Kier molecular flexibility index (Phi) is 7.38. The van der Waals surface area contributed by atoms with E-state index >= 15 is 0 Å². The predicted octanol–water partition coefficient (Wildman–Crippen LogP) is 4.71. The van der Waals surface area contributed by atoms with Crippen LogP contribution in [0.4, 0.5) is 0 Å². The van der Waals surface area contributed by atoms with Crippen molar-refractivity contribution in [3.63, 3.8) is 0 Å². The molecule has 106 valence electrons. The van der Waals surface area contributed by atoms with Crippen molar-refractivity contribution in [1.29, 1.82) is 0 Å². The number of esters is 1. The van der Waals surface area contributed by atoms with E-state index in [2.05, 4.69) is 20.8 Å². The third-order valence-electron chi connectivity index (χ3n) is 4.09. The third-order valence-corrected chi connectivity index (χ3v) is 4.09. The Morgan fingerprint density at radius 3 is 2.33 bits per heavy atom. The molecule has 0 aromatic carbocycles. The first-order valence-electron chi connectivity index (χ1n) is 7.91. The van der Waals surface area contributed by atoms with Gasteiger partial charge in [0.15, 0.2) is 0 Å². The summed E-state index contributed by atoms with van der Waals surface area (Å²) >= 11 is 0. The van der Waals surface area contributed by atoms with Crippen molar-refractivity contribution in [2.45, 2.75) is 84.7 Å². The second-order valence-corrected chi connectivity index (χ2v) is 5.74. The summed E-state index contributed by atoms with van der Waals surface area (Å²) in [7, 11) is 0. The number of carbonyl (C=O) groups excluding carboxylic acids is 1. The fraction of sp³-hybridized carbons (Fsp3) is 0.938. The molecule has 0 spiro atoms. The van der Waals surface area contributed by atoms with E-state index in [0.717, 1.165) is 31.6 Å². The fourth-order valence-electron chi connectivity index (χ4n) is 2.39. The lowest BCUT2D eigenvalue weighted by atomic mass is 9.92. The van der Waals surface area contributed by atoms with Gasteiger partial charge in [-0.25, -0.2) is 0 Å². The molecule has 0 N–H and O–H groups in total. The van der Waals surface area contributed by atoms with Gasteiger partial charge in [-0.3, -0.25) is 4.79 Å². The molecule has 2 nitrogen and oxygen atoms in total. The molecule has 1 aliphatic carbocycles. The predicted molar refractivity (Wildman–Crippen MR) is 75.4 cm³/mol. The van der Waals surface area contributed by atoms with Gasteiger partial charge >= 0.3 is 5.97 Å². The number of unbranched alkanes of at least 4 members (excludes halogenated alkanes) is 1. The number of carbonyl (C=O) groups is 1. The van der Waals surface area contributed by atoms with Crippen LogP contribution in [0.25, 0.3) is 0 Å². The SMILES string of the molecule is CCCCC(CC)CCC(CC)OC(=O)C1CC1. The van der Waals surface area contributed by atoms with Crippen LogP contribution in [-0.2, 0) is 9.53 Å². The summed E-state index contributed by atoms with van der Waals surface area (Å²) in [5.74, 6) is 1.11. The molecule has 0 aromatic heterocycles. The Labute approximate surface area is 112 Å². The molecule has 0 bridgehead atoms. The van der Waals surface area contributed by atoms with E-state index in [1.54, 1.807) is 0 Å². The Bertz CT molecular complexity index is 233. The molecule has 2 heteroatoms. The van der Waals surface area contributed by atoms with Gasteiger partial charge in [0.2, 0.25) is 0 Å². The monoisotopic (exact) mass is 254 g/mol. The van der Waals surface area contributed by atoms with E-state index < -0.39 is 0 Å². The maximum Gasteiger partial charge on any atom is 0.309 e. The first kappa shape index (κ1) is 15.5. The normalized spacial score (nSPS) is 18.4. The highest BCUT2D eigenvalue weighted by molar-refractivity contribution is 5.75. The molecule has 1 aliphatic rings. The molecule has 0 aromatic rings. The lowest BCUT2D eigenvalue weighted by Crippen LogP contribution is -2.19. The van der Waals surface area contributed by atoms with Crippen molar-refractivity contribution in [3.05, 3.63) is 0 Å². The largest absolute Gasteiger partial charge is 0.462 e. The van der Waals surface area contributed by atoms with Gasteiger partial charge in [-0.15, -0.1) is 0 Å². The van der Waals surface area contributed by atoms with Crippen LogP contribution >= 0.6 is 0 Å². The maximum atomic E-state index is 11.6. The number of rotatable bonds is 10. The van der Waals surface area contributed by atoms with Crippen LogP contribution < -0.4 is 0 Å². The smallest absolute Gasteiger partial charge is 0.309 e. The van der Waals surface area contributed by atoms with Gasteiger partial charge < -0.3 is 4.74 Å². The summed E-state index contributed by atoms with van der Waals surface area (Å²) in [5, 5.41) is 0. The van der Waals surface area contributed by atoms with Gasteiger partial charge in [0, 0.05) is 0 Å². The van der Waals surface area contributed by atoms with Crippen LogP contribution in [0.1, 0.15) is 78.6 Å². The zero-order valence-electron chi connectivity index (χ0n) is 12.4. The molecule has 2 atom stereocenters. The molecule has 1 saturated carbocycles. The van der Waals surface area contributed by atoms with E-state index in [1.807, 2.05) is 0 Å². The molecular formula is C16H30O2. The topological polar surface area (TPSA) is 26.3 Å². The highest BCUT2D eigenvalue weighted by Crippen LogP contribution is 2.31. The first-order chi connectivity index (χ1) is 8.71. The number of hydrogen-bond donors (Lipinski definition) is 0. The first-order valence-corrected chi connectivity index (χ1v) is 7.91. The van der Waals surface area contributed by atoms with E-state index in [4.69, 9.17) is 4.74 Å². The van der Waals surface area contributed by atoms with Gasteiger partial charge in [0.05, 0.1) is 5.92 Å². The second-order valence-electron chi connectivity index (χ2n) is 5.74. The van der Waals surface area contributed by atoms with Crippen LogP contribution in [0.2, 0.25) is 0 Å². The van der Waals surface area contributed by atoms with Crippen LogP contribution in [-0.4, -0.2) is 12.1 Å². The van der Waals surface area contributed by atoms with Crippen molar-refractivity contribution in [1.82, 2.24) is 0 Å². The average Bonchev–Trinajstić information content (AvgIpc) is 3.21. The summed E-state index contributed by atoms with van der Waals surface area (Å²) in [4.78, 5) is 11.6. The fourth-order valence-corrected chi connectivity index (χ4v) is 2.39. The van der Waals surface area contributed by atoms with Crippen LogP contribution in [0.3, 0.4) is 0 Å². The second kappa shape index (κ2) is 8.55. The Balaban J connectivity index is 2.21. The van der Waals surface area contributed by atoms with Gasteiger partial charge in [0.25, 0.3) is 0 Å². The lowest BCUT2D eigenvalue weighted by molar-refractivity contribution is -0.151. The average molecular weight is 254 g/mol. The van der Waals surface area contributed by atoms with Gasteiger partial charge in [-0.1, -0.05) is 46.5 Å². The summed E-state index contributed by atoms with van der Waals surface area (Å²) < 4.78 is 5.58. The van der Waals surface area contributed by atoms with Crippen LogP contribution in [0, 0.1) is 11.8 Å². The molecule has 0 aliphatic heterocycles.